The third-order valence-corrected chi connectivity index (χ3v) is 8.33. The topological polar surface area (TPSA) is 230 Å². The molecule has 0 unspecified atom stereocenters. The molecule has 3 aromatic carbocycles. The number of likely N-dealkylation sites (N-methyl/N-ethyl adjacent to an activating group) is 1. The molecule has 6 N–H and O–H groups in total. The van der Waals surface area contributed by atoms with Gasteiger partial charge in [0.15, 0.2) is 0 Å². The van der Waals surface area contributed by atoms with E-state index in [9.17, 15) is 18.1 Å². The van der Waals surface area contributed by atoms with Crippen molar-refractivity contribution in [3.05, 3.63) is 88.4 Å². The summed E-state index contributed by atoms with van der Waals surface area (Å²) in [6.07, 6.45) is 3.01. The van der Waals surface area contributed by atoms with Crippen molar-refractivity contribution in [2.45, 2.75) is 9.79 Å². The third-order valence-electron chi connectivity index (χ3n) is 6.43. The molecule has 0 saturated carbocycles. The first-order valence-corrected chi connectivity index (χ1v) is 17.0. The number of para-hydroxylation sites is 1. The van der Waals surface area contributed by atoms with Crippen LogP contribution in [0.3, 0.4) is 0 Å². The maximum atomic E-state index is 12.4. The summed E-state index contributed by atoms with van der Waals surface area (Å²) in [4.78, 5) is 26.3. The average molecular weight is 762 g/mol. The molecule has 5 aromatic rings. The van der Waals surface area contributed by atoms with E-state index in [0.717, 1.165) is 5.69 Å². The van der Waals surface area contributed by atoms with Crippen molar-refractivity contribution in [1.82, 2.24) is 29.9 Å². The van der Waals surface area contributed by atoms with Crippen LogP contribution in [0.4, 0.5) is 40.9 Å². The van der Waals surface area contributed by atoms with Gasteiger partial charge in [-0.3, -0.25) is 4.55 Å². The van der Waals surface area contributed by atoms with Crippen molar-refractivity contribution < 1.29 is 32.7 Å². The first-order chi connectivity index (χ1) is 24.0. The standard InChI is InChI=1S/C29H26Cl2N10O7S2/c1-41(13-14-42)29-38-25(31)37-28(40-29)34-21-12-10-18(23(16-21)50(44,45)46)8-7-17-9-11-20(15-22(17)49-48-47-43)33-27-36-24(30)35-26(39-27)32-19-5-3-2-4-6-19/h2-12,15-16,42-43H,13-14H2,1H3,(H,44,45,46)(H,34,37,38,40)(H2,32,33,35,36,39)/b8-7+. The first kappa shape index (κ1) is 36.6. The van der Waals surface area contributed by atoms with Gasteiger partial charge in [0.05, 0.1) is 18.6 Å². The molecule has 0 aliphatic carbocycles. The lowest BCUT2D eigenvalue weighted by molar-refractivity contribution is -0.432. The number of aromatic nitrogens is 6. The lowest BCUT2D eigenvalue weighted by atomic mass is 10.1. The van der Waals surface area contributed by atoms with Crippen LogP contribution < -0.4 is 20.9 Å². The molecule has 0 fully saturated rings. The number of anilines is 7. The number of rotatable bonds is 15. The first-order valence-electron chi connectivity index (χ1n) is 14.1. The molecular weight excluding hydrogens is 735 g/mol. The summed E-state index contributed by atoms with van der Waals surface area (Å²) in [5.74, 6) is 0.497. The van der Waals surface area contributed by atoms with Gasteiger partial charge in [0.25, 0.3) is 10.1 Å². The molecule has 50 heavy (non-hydrogen) atoms. The van der Waals surface area contributed by atoms with Crippen LogP contribution in [0.15, 0.2) is 76.5 Å². The summed E-state index contributed by atoms with van der Waals surface area (Å²) in [6.45, 7) is 0.0803. The van der Waals surface area contributed by atoms with Crippen LogP contribution in [-0.2, 0) is 19.5 Å². The average Bonchev–Trinajstić information content (AvgIpc) is 3.07. The minimum absolute atomic E-state index is 0.000967. The van der Waals surface area contributed by atoms with Crippen molar-refractivity contribution in [1.29, 1.82) is 0 Å². The summed E-state index contributed by atoms with van der Waals surface area (Å²) in [7, 11) is -3.07. The summed E-state index contributed by atoms with van der Waals surface area (Å²) >= 11 is 12.8. The molecule has 0 spiro atoms. The van der Waals surface area contributed by atoms with Gasteiger partial charge in [-0.15, -0.1) is 4.33 Å². The molecule has 0 atom stereocenters. The normalized spacial score (nSPS) is 11.5. The van der Waals surface area contributed by atoms with E-state index in [1.807, 2.05) is 30.3 Å². The summed E-state index contributed by atoms with van der Waals surface area (Å²) in [6, 6.07) is 18.4. The smallest absolute Gasteiger partial charge is 0.295 e. The molecule has 0 radical (unpaired) electrons. The molecule has 21 heteroatoms. The van der Waals surface area contributed by atoms with Crippen molar-refractivity contribution in [3.63, 3.8) is 0 Å². The van der Waals surface area contributed by atoms with Gasteiger partial charge in [-0.2, -0.15) is 38.3 Å². The summed E-state index contributed by atoms with van der Waals surface area (Å²) in [5, 5.41) is 30.5. The van der Waals surface area contributed by atoms with E-state index in [1.54, 1.807) is 36.2 Å². The molecule has 17 nitrogen and oxygen atoms in total. The summed E-state index contributed by atoms with van der Waals surface area (Å²) in [5.41, 5.74) is 2.07. The van der Waals surface area contributed by atoms with Crippen LogP contribution in [0.1, 0.15) is 11.1 Å². The Kier molecular flexibility index (Phi) is 12.3. The lowest BCUT2D eigenvalue weighted by Crippen LogP contribution is -2.24. The van der Waals surface area contributed by atoms with Crippen LogP contribution in [0, 0.1) is 0 Å². The fourth-order valence-electron chi connectivity index (χ4n) is 4.21. The largest absolute Gasteiger partial charge is 0.395 e. The maximum absolute atomic E-state index is 12.4. The Balaban J connectivity index is 1.39. The minimum Gasteiger partial charge on any atom is -0.395 e. The highest BCUT2D eigenvalue weighted by atomic mass is 35.5. The number of nitrogens with one attached hydrogen (secondary N) is 3. The van der Waals surface area contributed by atoms with Gasteiger partial charge >= 0.3 is 0 Å². The van der Waals surface area contributed by atoms with E-state index in [1.165, 1.54) is 24.3 Å². The zero-order chi connectivity index (χ0) is 35.7. The van der Waals surface area contributed by atoms with Crippen molar-refractivity contribution in [2.24, 2.45) is 0 Å². The Labute approximate surface area is 299 Å². The van der Waals surface area contributed by atoms with Crippen LogP contribution in [0.25, 0.3) is 12.2 Å². The molecule has 2 heterocycles. The molecule has 0 amide bonds. The monoisotopic (exact) mass is 760 g/mol. The molecule has 0 aliphatic heterocycles. The highest BCUT2D eigenvalue weighted by Gasteiger charge is 2.17. The summed E-state index contributed by atoms with van der Waals surface area (Å²) < 4.78 is 39.5. The fraction of sp³-hybridized carbons (Fsp3) is 0.103. The molecule has 260 valence electrons. The minimum atomic E-state index is -4.72. The Morgan fingerprint density at radius 2 is 1.38 bits per heavy atom. The SMILES string of the molecule is CN(CCO)c1nc(Cl)nc(Nc2ccc(/C=C/c3ccc(Nc4nc(Cl)nc(Nc5ccccc5)n4)cc3SOOO)c(S(=O)(=O)O)c2)n1. The van der Waals surface area contributed by atoms with Crippen LogP contribution in [-0.4, -0.2) is 73.4 Å². The van der Waals surface area contributed by atoms with E-state index in [-0.39, 0.29) is 58.8 Å². The zero-order valence-corrected chi connectivity index (χ0v) is 28.7. The molecule has 0 aliphatic rings. The number of aliphatic hydroxyl groups is 1. The Hall–Kier alpha value is -4.70. The molecule has 0 bridgehead atoms. The van der Waals surface area contributed by atoms with Gasteiger partial charge in [0.1, 0.15) is 4.90 Å². The van der Waals surface area contributed by atoms with Gasteiger partial charge in [-0.25, -0.2) is 5.26 Å². The molecular formula is C29H26Cl2N10O7S2. The Bertz CT molecular complexity index is 2100. The highest BCUT2D eigenvalue weighted by Crippen LogP contribution is 2.31. The lowest BCUT2D eigenvalue weighted by Gasteiger charge is -2.16. The molecule has 0 saturated heterocycles. The number of hydrogen-bond acceptors (Lipinski definition) is 17. The Morgan fingerprint density at radius 3 is 2.02 bits per heavy atom. The highest BCUT2D eigenvalue weighted by molar-refractivity contribution is 7.94. The van der Waals surface area contributed by atoms with Gasteiger partial charge in [-0.1, -0.05) is 47.5 Å². The van der Waals surface area contributed by atoms with Crippen LogP contribution in [0.5, 0.6) is 0 Å². The van der Waals surface area contributed by atoms with E-state index >= 15 is 0 Å². The van der Waals surface area contributed by atoms with Crippen LogP contribution in [0.2, 0.25) is 10.6 Å². The quantitative estimate of drug-likeness (QED) is 0.0241. The molecule has 5 rings (SSSR count). The van der Waals surface area contributed by atoms with E-state index in [0.29, 0.717) is 28.2 Å². The fourth-order valence-corrected chi connectivity index (χ4v) is 5.75. The van der Waals surface area contributed by atoms with Crippen LogP contribution >= 0.6 is 35.2 Å². The zero-order valence-electron chi connectivity index (χ0n) is 25.6. The van der Waals surface area contributed by atoms with Crippen molar-refractivity contribution >= 4 is 98.4 Å². The number of halogens is 2. The number of nitrogens with zero attached hydrogens (tertiary/aromatic N) is 7. The van der Waals surface area contributed by atoms with E-state index < -0.39 is 15.0 Å². The molecule has 2 aromatic heterocycles. The number of benzene rings is 3. The predicted octanol–water partition coefficient (Wildman–Crippen LogP) is 5.87. The second-order valence-corrected chi connectivity index (χ2v) is 12.7. The Morgan fingerprint density at radius 1 is 0.800 bits per heavy atom. The number of hydrogen-bond donors (Lipinski definition) is 6. The second kappa shape index (κ2) is 16.8. The van der Waals surface area contributed by atoms with E-state index in [4.69, 9.17) is 28.5 Å². The van der Waals surface area contributed by atoms with Gasteiger partial charge in [-0.05, 0) is 70.7 Å². The van der Waals surface area contributed by atoms with Crippen molar-refractivity contribution in [2.75, 3.05) is 41.0 Å². The third kappa shape index (κ3) is 10.2. The maximum Gasteiger partial charge on any atom is 0.295 e. The second-order valence-electron chi connectivity index (χ2n) is 9.91. The van der Waals surface area contributed by atoms with E-state index in [2.05, 4.69) is 55.2 Å². The predicted molar refractivity (Wildman–Crippen MR) is 189 cm³/mol. The number of aliphatic hydroxyl groups excluding tert-OH is 1. The van der Waals surface area contributed by atoms with Gasteiger partial charge in [0, 0.05) is 35.6 Å². The van der Waals surface area contributed by atoms with Gasteiger partial charge in [0.2, 0.25) is 34.4 Å². The van der Waals surface area contributed by atoms with Crippen molar-refractivity contribution in [3.8, 4) is 0 Å². The van der Waals surface area contributed by atoms with Gasteiger partial charge < -0.3 is 26.0 Å².